The van der Waals surface area contributed by atoms with Crippen LogP contribution < -0.4 is 4.68 Å². The van der Waals surface area contributed by atoms with Gasteiger partial charge in [0, 0.05) is 6.07 Å². The predicted molar refractivity (Wildman–Crippen MR) is 59.8 cm³/mol. The molecule has 0 fully saturated rings. The van der Waals surface area contributed by atoms with Crippen molar-refractivity contribution in [2.24, 2.45) is 14.1 Å². The van der Waals surface area contributed by atoms with Crippen LogP contribution in [0, 0.1) is 0 Å². The number of alkyl halides is 3. The van der Waals surface area contributed by atoms with Gasteiger partial charge in [-0.2, -0.15) is 4.68 Å². The Balaban J connectivity index is 3.15. The summed E-state index contributed by atoms with van der Waals surface area (Å²) in [5.41, 5.74) is 1.88. The Bertz CT molecular complexity index is 326. The molecule has 1 heterocycles. The largest absolute Gasteiger partial charge is 0.277 e. The second kappa shape index (κ2) is 4.30. The molecule has 0 atom stereocenters. The number of halogens is 3. The minimum atomic E-state index is -1.35. The Morgan fingerprint density at radius 1 is 1.43 bits per heavy atom. The summed E-state index contributed by atoms with van der Waals surface area (Å²) in [5.74, 6) is 0. The van der Waals surface area contributed by atoms with Crippen molar-refractivity contribution in [3.05, 3.63) is 17.5 Å². The maximum absolute atomic E-state index is 5.85. The molecule has 0 N–H and O–H groups in total. The first-order valence-electron chi connectivity index (χ1n) is 4.50. The van der Waals surface area contributed by atoms with Crippen LogP contribution in [0.5, 0.6) is 0 Å². The molecule has 0 aliphatic heterocycles. The highest BCUT2D eigenvalue weighted by molar-refractivity contribution is 6.66. The van der Waals surface area contributed by atoms with Gasteiger partial charge < -0.3 is 0 Å². The van der Waals surface area contributed by atoms with E-state index < -0.39 is 3.79 Å². The number of rotatable bonds is 2. The summed E-state index contributed by atoms with van der Waals surface area (Å²) in [4.78, 5) is 0. The Morgan fingerprint density at radius 3 is 2.36 bits per heavy atom. The number of nitrogens with zero attached hydrogens (tertiary/aromatic N) is 2. The number of hydrogen-bond donors (Lipinski definition) is 0. The van der Waals surface area contributed by atoms with Gasteiger partial charge in [-0.1, -0.05) is 48.1 Å². The molecule has 0 aromatic carbocycles. The topological polar surface area (TPSA) is 8.81 Å². The highest BCUT2D eigenvalue weighted by Gasteiger charge is 2.35. The quantitative estimate of drug-likeness (QED) is 0.568. The Kier molecular flexibility index (Phi) is 3.73. The van der Waals surface area contributed by atoms with Crippen molar-refractivity contribution in [1.82, 2.24) is 4.68 Å². The number of aromatic nitrogens is 2. The molecule has 1 aromatic rings. The standard InChI is InChI=1S/C9H14Cl3N2/c1-4-5-7-6-8(9(10,11)12)14(3)13(7)2/h6H,4-5H2,1-3H3/q+1. The summed E-state index contributed by atoms with van der Waals surface area (Å²) < 4.78 is 2.51. The molecule has 80 valence electrons. The summed E-state index contributed by atoms with van der Waals surface area (Å²) in [5, 5.41) is 0. The van der Waals surface area contributed by atoms with Gasteiger partial charge in [0.05, 0.1) is 12.7 Å². The van der Waals surface area contributed by atoms with Crippen molar-refractivity contribution < 1.29 is 4.68 Å². The molecule has 0 radical (unpaired) electrons. The minimum absolute atomic E-state index is 0.702. The van der Waals surface area contributed by atoms with Crippen molar-refractivity contribution in [1.29, 1.82) is 0 Å². The van der Waals surface area contributed by atoms with E-state index in [4.69, 9.17) is 34.8 Å². The first-order valence-corrected chi connectivity index (χ1v) is 5.63. The molecule has 1 rings (SSSR count). The first-order chi connectivity index (χ1) is 6.38. The van der Waals surface area contributed by atoms with Crippen molar-refractivity contribution in [3.63, 3.8) is 0 Å². The Labute approximate surface area is 99.3 Å². The third-order valence-corrected chi connectivity index (χ3v) is 2.90. The van der Waals surface area contributed by atoms with E-state index in [1.54, 1.807) is 0 Å². The molecule has 5 heteroatoms. The van der Waals surface area contributed by atoms with Gasteiger partial charge in [0.1, 0.15) is 0 Å². The molecule has 14 heavy (non-hydrogen) atoms. The van der Waals surface area contributed by atoms with Gasteiger partial charge in [-0.15, -0.1) is 4.68 Å². The molecule has 0 saturated heterocycles. The van der Waals surface area contributed by atoms with E-state index in [1.165, 1.54) is 5.69 Å². The van der Waals surface area contributed by atoms with Crippen LogP contribution in [0.3, 0.4) is 0 Å². The molecule has 1 aromatic heterocycles. The molecule has 0 spiro atoms. The fraction of sp³-hybridized carbons (Fsp3) is 0.667. The zero-order valence-corrected chi connectivity index (χ0v) is 10.8. The highest BCUT2D eigenvalue weighted by atomic mass is 35.6. The molecule has 0 aliphatic carbocycles. The minimum Gasteiger partial charge on any atom is -0.161 e. The predicted octanol–water partition coefficient (Wildman–Crippen LogP) is 2.63. The van der Waals surface area contributed by atoms with E-state index in [0.29, 0.717) is 5.69 Å². The SMILES string of the molecule is CCCc1cc(C(Cl)(Cl)Cl)[n+](C)n1C. The van der Waals surface area contributed by atoms with E-state index >= 15 is 0 Å². The summed E-state index contributed by atoms with van der Waals surface area (Å²) in [6.45, 7) is 2.13. The smallest absolute Gasteiger partial charge is 0.161 e. The zero-order valence-electron chi connectivity index (χ0n) is 8.52. The normalized spacial score (nSPS) is 12.1. The molecule has 0 amide bonds. The number of aryl methyl sites for hydroxylation is 1. The van der Waals surface area contributed by atoms with Crippen LogP contribution >= 0.6 is 34.8 Å². The van der Waals surface area contributed by atoms with Crippen LogP contribution in [-0.2, 0) is 24.3 Å². The molecular formula is C9H14Cl3N2+. The van der Waals surface area contributed by atoms with Crippen molar-refractivity contribution in [3.8, 4) is 0 Å². The molecule has 0 aliphatic rings. The van der Waals surface area contributed by atoms with Gasteiger partial charge in [0.15, 0.2) is 7.05 Å². The molecular weight excluding hydrogens is 242 g/mol. The van der Waals surface area contributed by atoms with Crippen molar-refractivity contribution in [2.75, 3.05) is 0 Å². The summed E-state index contributed by atoms with van der Waals surface area (Å²) in [6, 6.07) is 1.94. The third-order valence-electron chi connectivity index (χ3n) is 2.31. The van der Waals surface area contributed by atoms with Gasteiger partial charge in [0.2, 0.25) is 0 Å². The average molecular weight is 257 g/mol. The monoisotopic (exact) mass is 255 g/mol. The Hall–Kier alpha value is 0.0800. The Morgan fingerprint density at radius 2 is 2.00 bits per heavy atom. The fourth-order valence-corrected chi connectivity index (χ4v) is 1.98. The first kappa shape index (κ1) is 12.2. The van der Waals surface area contributed by atoms with Crippen molar-refractivity contribution >= 4 is 34.8 Å². The van der Waals surface area contributed by atoms with Crippen LogP contribution in [0.25, 0.3) is 0 Å². The van der Waals surface area contributed by atoms with Gasteiger partial charge in [-0.25, -0.2) is 0 Å². The van der Waals surface area contributed by atoms with Gasteiger partial charge in [-0.05, 0) is 6.42 Å². The lowest BCUT2D eigenvalue weighted by atomic mass is 10.2. The van der Waals surface area contributed by atoms with E-state index in [-0.39, 0.29) is 0 Å². The van der Waals surface area contributed by atoms with Gasteiger partial charge in [-0.3, -0.25) is 0 Å². The second-order valence-electron chi connectivity index (χ2n) is 3.32. The van der Waals surface area contributed by atoms with E-state index in [2.05, 4.69) is 6.92 Å². The molecule has 0 unspecified atom stereocenters. The fourth-order valence-electron chi connectivity index (χ4n) is 1.45. The maximum atomic E-state index is 5.85. The highest BCUT2D eigenvalue weighted by Crippen LogP contribution is 2.36. The molecule has 0 saturated carbocycles. The lowest BCUT2D eigenvalue weighted by Crippen LogP contribution is -2.43. The van der Waals surface area contributed by atoms with Crippen molar-refractivity contribution in [2.45, 2.75) is 23.6 Å². The summed E-state index contributed by atoms with van der Waals surface area (Å²) in [6.07, 6.45) is 2.07. The van der Waals surface area contributed by atoms with Crippen LogP contribution in [-0.4, -0.2) is 4.68 Å². The van der Waals surface area contributed by atoms with E-state index in [1.807, 2.05) is 29.5 Å². The van der Waals surface area contributed by atoms with Crippen LogP contribution in [0.4, 0.5) is 0 Å². The molecule has 0 bridgehead atoms. The second-order valence-corrected chi connectivity index (χ2v) is 5.60. The molecule has 2 nitrogen and oxygen atoms in total. The summed E-state index contributed by atoms with van der Waals surface area (Å²) in [7, 11) is 3.85. The van der Waals surface area contributed by atoms with Crippen LogP contribution in [0.2, 0.25) is 0 Å². The lowest BCUT2D eigenvalue weighted by molar-refractivity contribution is -0.758. The number of hydrogen-bond acceptors (Lipinski definition) is 0. The van der Waals surface area contributed by atoms with E-state index in [0.717, 1.165) is 12.8 Å². The average Bonchev–Trinajstić information content (AvgIpc) is 2.32. The zero-order chi connectivity index (χ0) is 10.9. The summed E-state index contributed by atoms with van der Waals surface area (Å²) >= 11 is 17.5. The van der Waals surface area contributed by atoms with E-state index in [9.17, 15) is 0 Å². The maximum Gasteiger partial charge on any atom is 0.277 e. The van der Waals surface area contributed by atoms with Gasteiger partial charge >= 0.3 is 0 Å². The van der Waals surface area contributed by atoms with Crippen LogP contribution in [0.15, 0.2) is 6.07 Å². The van der Waals surface area contributed by atoms with Gasteiger partial charge in [0.25, 0.3) is 9.49 Å². The third kappa shape index (κ3) is 2.36. The lowest BCUT2D eigenvalue weighted by Gasteiger charge is -2.03. The van der Waals surface area contributed by atoms with Crippen LogP contribution in [0.1, 0.15) is 24.7 Å².